The molecule has 1 aromatic carbocycles. The number of rotatable bonds is 2. The Bertz CT molecular complexity index is 325. The summed E-state index contributed by atoms with van der Waals surface area (Å²) in [5.74, 6) is 1.02. The Labute approximate surface area is 90.8 Å². The van der Waals surface area contributed by atoms with Gasteiger partial charge in [0.15, 0.2) is 0 Å². The Kier molecular flexibility index (Phi) is 3.23. The number of hydrogen-bond acceptors (Lipinski definition) is 3. The second-order valence-corrected chi connectivity index (χ2v) is 4.17. The maximum atomic E-state index is 5.81. The molecule has 0 spiro atoms. The number of nitrogens with two attached hydrogens (primary N) is 1. The highest BCUT2D eigenvalue weighted by Gasteiger charge is 2.15. The zero-order valence-corrected chi connectivity index (χ0v) is 9.15. The van der Waals surface area contributed by atoms with Crippen molar-refractivity contribution in [2.24, 2.45) is 5.73 Å². The van der Waals surface area contributed by atoms with Gasteiger partial charge in [-0.2, -0.15) is 0 Å². The number of benzene rings is 1. The molecule has 3 heteroatoms. The molecule has 15 heavy (non-hydrogen) atoms. The number of ether oxygens (including phenoxy) is 1. The van der Waals surface area contributed by atoms with Crippen LogP contribution in [0.15, 0.2) is 24.3 Å². The van der Waals surface area contributed by atoms with Crippen molar-refractivity contribution in [3.63, 3.8) is 0 Å². The van der Waals surface area contributed by atoms with Crippen LogP contribution in [-0.4, -0.2) is 30.6 Å². The van der Waals surface area contributed by atoms with Crippen LogP contribution in [0.3, 0.4) is 0 Å². The van der Waals surface area contributed by atoms with Crippen molar-refractivity contribution in [3.8, 4) is 5.75 Å². The van der Waals surface area contributed by atoms with Gasteiger partial charge in [-0.25, -0.2) is 0 Å². The average molecular weight is 206 g/mol. The maximum Gasteiger partial charge on any atom is 0.123 e. The van der Waals surface area contributed by atoms with Crippen LogP contribution in [0.4, 0.5) is 0 Å². The van der Waals surface area contributed by atoms with Crippen LogP contribution in [0, 0.1) is 0 Å². The van der Waals surface area contributed by atoms with Crippen LogP contribution >= 0.6 is 0 Å². The predicted molar refractivity (Wildman–Crippen MR) is 60.9 cm³/mol. The van der Waals surface area contributed by atoms with Gasteiger partial charge in [0.2, 0.25) is 0 Å². The lowest BCUT2D eigenvalue weighted by atomic mass is 10.2. The van der Waals surface area contributed by atoms with E-state index in [9.17, 15) is 0 Å². The van der Waals surface area contributed by atoms with E-state index in [2.05, 4.69) is 17.0 Å². The summed E-state index contributed by atoms with van der Waals surface area (Å²) in [5, 5.41) is 0. The van der Waals surface area contributed by atoms with E-state index in [0.29, 0.717) is 0 Å². The first kappa shape index (κ1) is 10.5. The van der Waals surface area contributed by atoms with Crippen LogP contribution < -0.4 is 10.5 Å². The quantitative estimate of drug-likeness (QED) is 0.791. The van der Waals surface area contributed by atoms with Crippen molar-refractivity contribution in [2.75, 3.05) is 19.7 Å². The Morgan fingerprint density at radius 1 is 1.47 bits per heavy atom. The molecular formula is C12H18N2O. The zero-order valence-electron chi connectivity index (χ0n) is 9.15. The van der Waals surface area contributed by atoms with Gasteiger partial charge in [-0.3, -0.25) is 4.90 Å². The zero-order chi connectivity index (χ0) is 10.7. The minimum atomic E-state index is 0.218. The van der Waals surface area contributed by atoms with Gasteiger partial charge < -0.3 is 10.5 Å². The standard InChI is InChI=1S/C12H18N2O/c1-10(13)8-14-6-7-15-12-5-3-2-4-11(12)9-14/h2-5,10H,6-9,13H2,1H3/t10-/m0/s1. The molecule has 0 bridgehead atoms. The van der Waals surface area contributed by atoms with E-state index in [1.165, 1.54) is 5.56 Å². The van der Waals surface area contributed by atoms with Gasteiger partial charge in [0, 0.05) is 31.2 Å². The SMILES string of the molecule is C[C@H](N)CN1CCOc2ccccc2C1. The van der Waals surface area contributed by atoms with Gasteiger partial charge in [-0.15, -0.1) is 0 Å². The van der Waals surface area contributed by atoms with E-state index < -0.39 is 0 Å². The summed E-state index contributed by atoms with van der Waals surface area (Å²) >= 11 is 0. The normalized spacial score (nSPS) is 18.8. The second kappa shape index (κ2) is 4.64. The fourth-order valence-electron chi connectivity index (χ4n) is 1.94. The van der Waals surface area contributed by atoms with Crippen molar-refractivity contribution < 1.29 is 4.74 Å². The van der Waals surface area contributed by atoms with E-state index >= 15 is 0 Å². The van der Waals surface area contributed by atoms with Gasteiger partial charge in [-0.1, -0.05) is 18.2 Å². The summed E-state index contributed by atoms with van der Waals surface area (Å²) in [7, 11) is 0. The molecule has 3 nitrogen and oxygen atoms in total. The average Bonchev–Trinajstić information content (AvgIpc) is 2.38. The first-order chi connectivity index (χ1) is 7.25. The second-order valence-electron chi connectivity index (χ2n) is 4.17. The molecule has 0 aromatic heterocycles. The third-order valence-corrected chi connectivity index (χ3v) is 2.58. The lowest BCUT2D eigenvalue weighted by Gasteiger charge is -2.21. The van der Waals surface area contributed by atoms with Crippen LogP contribution in [0.5, 0.6) is 5.75 Å². The largest absolute Gasteiger partial charge is 0.492 e. The third-order valence-electron chi connectivity index (χ3n) is 2.58. The number of para-hydroxylation sites is 1. The molecule has 2 N–H and O–H groups in total. The van der Waals surface area contributed by atoms with Gasteiger partial charge in [0.05, 0.1) is 0 Å². The molecule has 0 unspecified atom stereocenters. The third kappa shape index (κ3) is 2.70. The lowest BCUT2D eigenvalue weighted by molar-refractivity contribution is 0.218. The summed E-state index contributed by atoms with van der Waals surface area (Å²) in [4.78, 5) is 2.34. The van der Waals surface area contributed by atoms with E-state index in [1.807, 2.05) is 19.1 Å². The van der Waals surface area contributed by atoms with Crippen molar-refractivity contribution in [1.29, 1.82) is 0 Å². The summed E-state index contributed by atoms with van der Waals surface area (Å²) in [6, 6.07) is 8.44. The molecule has 0 fully saturated rings. The molecule has 0 saturated carbocycles. The maximum absolute atomic E-state index is 5.81. The highest BCUT2D eigenvalue weighted by molar-refractivity contribution is 5.33. The van der Waals surface area contributed by atoms with E-state index in [4.69, 9.17) is 10.5 Å². The first-order valence-electron chi connectivity index (χ1n) is 5.44. The Morgan fingerprint density at radius 2 is 2.27 bits per heavy atom. The van der Waals surface area contributed by atoms with Crippen LogP contribution in [0.1, 0.15) is 12.5 Å². The van der Waals surface area contributed by atoms with Crippen LogP contribution in [0.2, 0.25) is 0 Å². The van der Waals surface area contributed by atoms with E-state index in [1.54, 1.807) is 0 Å². The highest BCUT2D eigenvalue weighted by Crippen LogP contribution is 2.22. The van der Waals surface area contributed by atoms with Crippen molar-refractivity contribution in [1.82, 2.24) is 4.90 Å². The van der Waals surface area contributed by atoms with Crippen LogP contribution in [0.25, 0.3) is 0 Å². The molecule has 1 atom stereocenters. The van der Waals surface area contributed by atoms with Gasteiger partial charge in [0.25, 0.3) is 0 Å². The summed E-state index contributed by atoms with van der Waals surface area (Å²) in [6.07, 6.45) is 0. The molecule has 1 aromatic rings. The Balaban J connectivity index is 2.10. The molecule has 0 amide bonds. The number of hydrogen-bond donors (Lipinski definition) is 1. The van der Waals surface area contributed by atoms with Gasteiger partial charge in [-0.05, 0) is 13.0 Å². The molecule has 0 saturated heterocycles. The molecular weight excluding hydrogens is 188 g/mol. The molecule has 1 aliphatic heterocycles. The molecule has 1 aliphatic rings. The molecule has 1 heterocycles. The minimum Gasteiger partial charge on any atom is -0.492 e. The summed E-state index contributed by atoms with van der Waals surface area (Å²) in [5.41, 5.74) is 7.07. The predicted octanol–water partition coefficient (Wildman–Crippen LogP) is 1.23. The number of fused-ring (bicyclic) bond motifs is 1. The smallest absolute Gasteiger partial charge is 0.123 e. The van der Waals surface area contributed by atoms with E-state index in [-0.39, 0.29) is 6.04 Å². The lowest BCUT2D eigenvalue weighted by Crippen LogP contribution is -2.36. The first-order valence-corrected chi connectivity index (χ1v) is 5.44. The van der Waals surface area contributed by atoms with Gasteiger partial charge in [0.1, 0.15) is 12.4 Å². The van der Waals surface area contributed by atoms with Gasteiger partial charge >= 0.3 is 0 Å². The minimum absolute atomic E-state index is 0.218. The topological polar surface area (TPSA) is 38.5 Å². The fraction of sp³-hybridized carbons (Fsp3) is 0.500. The molecule has 0 radical (unpaired) electrons. The summed E-state index contributed by atoms with van der Waals surface area (Å²) in [6.45, 7) is 5.62. The summed E-state index contributed by atoms with van der Waals surface area (Å²) < 4.78 is 5.68. The number of nitrogens with zero attached hydrogens (tertiary/aromatic N) is 1. The Hall–Kier alpha value is -1.06. The highest BCUT2D eigenvalue weighted by atomic mass is 16.5. The van der Waals surface area contributed by atoms with Crippen LogP contribution in [-0.2, 0) is 6.54 Å². The van der Waals surface area contributed by atoms with Crippen molar-refractivity contribution in [3.05, 3.63) is 29.8 Å². The molecule has 2 rings (SSSR count). The molecule has 82 valence electrons. The Morgan fingerprint density at radius 3 is 3.07 bits per heavy atom. The molecule has 0 aliphatic carbocycles. The van der Waals surface area contributed by atoms with Crippen molar-refractivity contribution >= 4 is 0 Å². The monoisotopic (exact) mass is 206 g/mol. The fourth-order valence-corrected chi connectivity index (χ4v) is 1.94. The van der Waals surface area contributed by atoms with E-state index in [0.717, 1.165) is 32.0 Å². The van der Waals surface area contributed by atoms with Crippen molar-refractivity contribution in [2.45, 2.75) is 19.5 Å².